The SMILES string of the molecule is C#CCNCC(=O)N1CCC(CN(C)CCCC)CC1. The molecule has 1 saturated heterocycles. The van der Waals surface area contributed by atoms with E-state index in [1.165, 1.54) is 19.4 Å². The van der Waals surface area contributed by atoms with Gasteiger partial charge < -0.3 is 9.80 Å². The zero-order valence-corrected chi connectivity index (χ0v) is 13.0. The molecule has 1 N–H and O–H groups in total. The van der Waals surface area contributed by atoms with Crippen molar-refractivity contribution >= 4 is 5.91 Å². The monoisotopic (exact) mass is 279 g/mol. The lowest BCUT2D eigenvalue weighted by molar-refractivity contribution is -0.131. The highest BCUT2D eigenvalue weighted by atomic mass is 16.2. The number of carbonyl (C=O) groups is 1. The lowest BCUT2D eigenvalue weighted by Gasteiger charge is -2.34. The Hall–Kier alpha value is -1.05. The van der Waals surface area contributed by atoms with Gasteiger partial charge in [-0.2, -0.15) is 0 Å². The van der Waals surface area contributed by atoms with Crippen LogP contribution >= 0.6 is 0 Å². The fourth-order valence-electron chi connectivity index (χ4n) is 2.68. The molecule has 0 unspecified atom stereocenters. The number of hydrogen-bond donors (Lipinski definition) is 1. The summed E-state index contributed by atoms with van der Waals surface area (Å²) >= 11 is 0. The second kappa shape index (κ2) is 9.79. The Morgan fingerprint density at radius 2 is 2.15 bits per heavy atom. The molecule has 1 amide bonds. The van der Waals surface area contributed by atoms with Crippen LogP contribution in [0.15, 0.2) is 0 Å². The van der Waals surface area contributed by atoms with Gasteiger partial charge in [-0.05, 0) is 38.8 Å². The van der Waals surface area contributed by atoms with Crippen LogP contribution in [-0.2, 0) is 4.79 Å². The normalized spacial score (nSPS) is 16.4. The lowest BCUT2D eigenvalue weighted by atomic mass is 9.96. The summed E-state index contributed by atoms with van der Waals surface area (Å²) in [6.45, 7) is 7.19. The highest BCUT2D eigenvalue weighted by Gasteiger charge is 2.23. The van der Waals surface area contributed by atoms with Crippen LogP contribution in [0.2, 0.25) is 0 Å². The van der Waals surface area contributed by atoms with Gasteiger partial charge in [-0.15, -0.1) is 6.42 Å². The van der Waals surface area contributed by atoms with E-state index in [0.29, 0.717) is 13.1 Å². The van der Waals surface area contributed by atoms with Crippen molar-refractivity contribution in [3.8, 4) is 12.3 Å². The minimum atomic E-state index is 0.179. The zero-order chi connectivity index (χ0) is 14.8. The number of nitrogens with one attached hydrogen (secondary N) is 1. The number of amides is 1. The van der Waals surface area contributed by atoms with Gasteiger partial charge in [0.2, 0.25) is 5.91 Å². The Balaban J connectivity index is 2.19. The second-order valence-corrected chi connectivity index (χ2v) is 5.75. The van der Waals surface area contributed by atoms with Crippen LogP contribution in [0.4, 0.5) is 0 Å². The number of rotatable bonds is 8. The molecule has 114 valence electrons. The third-order valence-electron chi connectivity index (χ3n) is 3.93. The number of terminal acetylenes is 1. The van der Waals surface area contributed by atoms with Crippen molar-refractivity contribution in [2.75, 3.05) is 46.3 Å². The maximum Gasteiger partial charge on any atom is 0.236 e. The summed E-state index contributed by atoms with van der Waals surface area (Å²) in [4.78, 5) is 16.3. The third kappa shape index (κ3) is 6.40. The molecule has 0 atom stereocenters. The predicted octanol–water partition coefficient (Wildman–Crippen LogP) is 1.18. The van der Waals surface area contributed by atoms with E-state index in [1.807, 2.05) is 4.90 Å². The number of unbranched alkanes of at least 4 members (excludes halogenated alkanes) is 1. The highest BCUT2D eigenvalue weighted by molar-refractivity contribution is 5.78. The third-order valence-corrected chi connectivity index (χ3v) is 3.93. The van der Waals surface area contributed by atoms with Crippen molar-refractivity contribution < 1.29 is 4.79 Å². The van der Waals surface area contributed by atoms with Crippen molar-refractivity contribution in [1.82, 2.24) is 15.1 Å². The first kappa shape index (κ1) is 17.0. The average molecular weight is 279 g/mol. The smallest absolute Gasteiger partial charge is 0.236 e. The molecule has 1 fully saturated rings. The van der Waals surface area contributed by atoms with Crippen molar-refractivity contribution in [2.24, 2.45) is 5.92 Å². The fourth-order valence-corrected chi connectivity index (χ4v) is 2.68. The van der Waals surface area contributed by atoms with Gasteiger partial charge in [0.25, 0.3) is 0 Å². The van der Waals surface area contributed by atoms with Crippen LogP contribution in [0, 0.1) is 18.3 Å². The number of hydrogen-bond acceptors (Lipinski definition) is 3. The molecule has 1 heterocycles. The van der Waals surface area contributed by atoms with Crippen LogP contribution < -0.4 is 5.32 Å². The zero-order valence-electron chi connectivity index (χ0n) is 13.0. The standard InChI is InChI=1S/C16H29N3O/c1-4-6-10-18(3)14-15-7-11-19(12-8-15)16(20)13-17-9-5-2/h2,15,17H,4,6-14H2,1,3H3. The highest BCUT2D eigenvalue weighted by Crippen LogP contribution is 2.18. The number of likely N-dealkylation sites (tertiary alicyclic amines) is 1. The fraction of sp³-hybridized carbons (Fsp3) is 0.812. The first-order valence-corrected chi connectivity index (χ1v) is 7.77. The van der Waals surface area contributed by atoms with Gasteiger partial charge >= 0.3 is 0 Å². The molecule has 0 saturated carbocycles. The van der Waals surface area contributed by atoms with Crippen molar-refractivity contribution in [3.05, 3.63) is 0 Å². The summed E-state index contributed by atoms with van der Waals surface area (Å²) in [5.41, 5.74) is 0. The molecule has 0 aromatic carbocycles. The molecule has 1 aliphatic rings. The molecule has 20 heavy (non-hydrogen) atoms. The minimum absolute atomic E-state index is 0.179. The summed E-state index contributed by atoms with van der Waals surface area (Å²) in [5, 5.41) is 2.96. The van der Waals surface area contributed by atoms with E-state index in [2.05, 4.69) is 30.1 Å². The number of carbonyl (C=O) groups excluding carboxylic acids is 1. The van der Waals surface area contributed by atoms with E-state index in [1.54, 1.807) is 0 Å². The number of nitrogens with zero attached hydrogens (tertiary/aromatic N) is 2. The molecule has 1 rings (SSSR count). The maximum absolute atomic E-state index is 11.9. The van der Waals surface area contributed by atoms with Gasteiger partial charge in [-0.3, -0.25) is 10.1 Å². The van der Waals surface area contributed by atoms with Gasteiger partial charge in [0.15, 0.2) is 0 Å². The molecular weight excluding hydrogens is 250 g/mol. The van der Waals surface area contributed by atoms with E-state index < -0.39 is 0 Å². The Bertz CT molecular complexity index is 316. The largest absolute Gasteiger partial charge is 0.342 e. The van der Waals surface area contributed by atoms with Gasteiger partial charge in [0.05, 0.1) is 13.1 Å². The average Bonchev–Trinajstić information content (AvgIpc) is 2.46. The first-order chi connectivity index (χ1) is 9.67. The van der Waals surface area contributed by atoms with Crippen LogP contribution in [-0.4, -0.2) is 62.0 Å². The van der Waals surface area contributed by atoms with Crippen LogP contribution in [0.3, 0.4) is 0 Å². The Labute approximate surface area is 123 Å². The Morgan fingerprint density at radius 3 is 2.75 bits per heavy atom. The molecule has 0 bridgehead atoms. The molecule has 0 aromatic heterocycles. The van der Waals surface area contributed by atoms with Gasteiger partial charge in [-0.1, -0.05) is 19.3 Å². The lowest BCUT2D eigenvalue weighted by Crippen LogP contribution is -2.44. The van der Waals surface area contributed by atoms with Crippen LogP contribution in [0.5, 0.6) is 0 Å². The molecule has 0 spiro atoms. The summed E-state index contributed by atoms with van der Waals surface area (Å²) < 4.78 is 0. The summed E-state index contributed by atoms with van der Waals surface area (Å²) in [7, 11) is 2.21. The van der Waals surface area contributed by atoms with E-state index in [4.69, 9.17) is 6.42 Å². The van der Waals surface area contributed by atoms with E-state index in [0.717, 1.165) is 38.4 Å². The van der Waals surface area contributed by atoms with Gasteiger partial charge in [0.1, 0.15) is 0 Å². The topological polar surface area (TPSA) is 35.6 Å². The molecule has 0 aliphatic carbocycles. The maximum atomic E-state index is 11.9. The Morgan fingerprint density at radius 1 is 1.45 bits per heavy atom. The molecule has 0 aromatic rings. The van der Waals surface area contributed by atoms with Gasteiger partial charge in [-0.25, -0.2) is 0 Å². The van der Waals surface area contributed by atoms with E-state index >= 15 is 0 Å². The van der Waals surface area contributed by atoms with Crippen molar-refractivity contribution in [2.45, 2.75) is 32.6 Å². The van der Waals surface area contributed by atoms with E-state index in [9.17, 15) is 4.79 Å². The molecular formula is C16H29N3O. The molecule has 1 aliphatic heterocycles. The van der Waals surface area contributed by atoms with Crippen LogP contribution in [0.25, 0.3) is 0 Å². The molecule has 0 radical (unpaired) electrons. The molecule has 4 nitrogen and oxygen atoms in total. The quantitative estimate of drug-likeness (QED) is 0.535. The van der Waals surface area contributed by atoms with Crippen molar-refractivity contribution in [1.29, 1.82) is 0 Å². The summed E-state index contributed by atoms with van der Waals surface area (Å²) in [6.07, 6.45) is 9.92. The van der Waals surface area contributed by atoms with Crippen molar-refractivity contribution in [3.63, 3.8) is 0 Å². The predicted molar refractivity (Wildman–Crippen MR) is 83.4 cm³/mol. The second-order valence-electron chi connectivity index (χ2n) is 5.75. The first-order valence-electron chi connectivity index (χ1n) is 7.77. The minimum Gasteiger partial charge on any atom is -0.342 e. The summed E-state index contributed by atoms with van der Waals surface area (Å²) in [6, 6.07) is 0. The molecule has 4 heteroatoms. The van der Waals surface area contributed by atoms with E-state index in [-0.39, 0.29) is 5.91 Å². The Kier molecular flexibility index (Phi) is 8.32. The van der Waals surface area contributed by atoms with Gasteiger partial charge in [0, 0.05) is 19.6 Å². The summed E-state index contributed by atoms with van der Waals surface area (Å²) in [5.74, 6) is 3.40. The van der Waals surface area contributed by atoms with Crippen LogP contribution in [0.1, 0.15) is 32.6 Å². The number of piperidine rings is 1.